The third-order valence-electron chi connectivity index (χ3n) is 1.85. The first-order valence-corrected chi connectivity index (χ1v) is 7.17. The highest BCUT2D eigenvalue weighted by Crippen LogP contribution is 2.37. The Kier molecular flexibility index (Phi) is 4.73. The lowest BCUT2D eigenvalue weighted by Crippen LogP contribution is -2.07. The van der Waals surface area contributed by atoms with E-state index in [1.807, 2.05) is 0 Å². The molecular weight excluding hydrogens is 243 g/mol. The fourth-order valence-electron chi connectivity index (χ4n) is 1.24. The molecule has 0 saturated carbocycles. The fraction of sp³-hybridized carbons (Fsp3) is 0.364. The molecule has 0 heterocycles. The fourth-order valence-corrected chi connectivity index (χ4v) is 1.76. The number of carbonyl (C=O) groups excluding carboxylic acids is 1. The summed E-state index contributed by atoms with van der Waals surface area (Å²) >= 11 is 0. The lowest BCUT2D eigenvalue weighted by Gasteiger charge is -2.09. The Morgan fingerprint density at radius 1 is 1.35 bits per heavy atom. The van der Waals surface area contributed by atoms with Crippen LogP contribution in [0.5, 0.6) is 5.75 Å². The number of hydrogen-bond acceptors (Lipinski definition) is 4. The summed E-state index contributed by atoms with van der Waals surface area (Å²) in [6.07, 6.45) is 0.178. The molecule has 0 spiro atoms. The number of ether oxygens (including phenoxy) is 1. The van der Waals surface area contributed by atoms with Gasteiger partial charge < -0.3 is 14.2 Å². The molecule has 5 nitrogen and oxygen atoms in total. The van der Waals surface area contributed by atoms with Crippen molar-refractivity contribution in [1.29, 1.82) is 0 Å². The lowest BCUT2D eigenvalue weighted by atomic mass is 10.1. The van der Waals surface area contributed by atoms with E-state index >= 15 is 0 Å². The third kappa shape index (κ3) is 5.52. The zero-order valence-electron chi connectivity index (χ0n) is 9.75. The second-order valence-corrected chi connectivity index (χ2v) is 5.31. The number of esters is 1. The van der Waals surface area contributed by atoms with E-state index in [0.717, 1.165) is 12.2 Å². The first kappa shape index (κ1) is 13.7. The number of rotatable bonds is 5. The van der Waals surface area contributed by atoms with Crippen molar-refractivity contribution in [1.82, 2.24) is 0 Å². The molecule has 6 heteroatoms. The van der Waals surface area contributed by atoms with Crippen LogP contribution in [0.15, 0.2) is 24.3 Å². The first-order valence-electron chi connectivity index (χ1n) is 5.15. The summed E-state index contributed by atoms with van der Waals surface area (Å²) in [5, 5.41) is 0. The molecule has 1 atom stereocenters. The van der Waals surface area contributed by atoms with E-state index < -0.39 is 7.60 Å². The molecule has 1 unspecified atom stereocenters. The minimum Gasteiger partial charge on any atom is -0.466 e. The van der Waals surface area contributed by atoms with Gasteiger partial charge in [0.15, 0.2) is 0 Å². The molecule has 0 saturated heterocycles. The molecule has 1 aromatic carbocycles. The van der Waals surface area contributed by atoms with Crippen LogP contribution in [0.1, 0.15) is 12.5 Å². The van der Waals surface area contributed by atoms with Crippen molar-refractivity contribution >= 4 is 13.6 Å². The van der Waals surface area contributed by atoms with Gasteiger partial charge in [-0.1, -0.05) is 12.1 Å². The van der Waals surface area contributed by atoms with Crippen molar-refractivity contribution in [3.05, 3.63) is 29.8 Å². The molecule has 0 aliphatic rings. The number of benzene rings is 1. The zero-order chi connectivity index (χ0) is 12.9. The number of carbonyl (C=O) groups is 1. The molecule has 1 N–H and O–H groups in total. The van der Waals surface area contributed by atoms with Gasteiger partial charge in [-0.15, -0.1) is 0 Å². The Balaban J connectivity index is 2.62. The molecule has 0 radical (unpaired) electrons. The molecule has 17 heavy (non-hydrogen) atoms. The highest BCUT2D eigenvalue weighted by molar-refractivity contribution is 7.52. The van der Waals surface area contributed by atoms with Crippen molar-refractivity contribution in [2.24, 2.45) is 0 Å². The molecule has 0 fully saturated rings. The van der Waals surface area contributed by atoms with E-state index in [9.17, 15) is 9.36 Å². The van der Waals surface area contributed by atoms with Gasteiger partial charge in [0.1, 0.15) is 5.75 Å². The number of hydrogen-bond donors (Lipinski definition) is 1. The predicted molar refractivity (Wildman–Crippen MR) is 63.2 cm³/mol. The quantitative estimate of drug-likeness (QED) is 0.645. The first-order chi connectivity index (χ1) is 7.90. The largest absolute Gasteiger partial charge is 0.466 e. The Hall–Kier alpha value is -1.32. The summed E-state index contributed by atoms with van der Waals surface area (Å²) in [7, 11) is -3.53. The van der Waals surface area contributed by atoms with Gasteiger partial charge in [0.2, 0.25) is 0 Å². The van der Waals surface area contributed by atoms with E-state index in [4.69, 9.17) is 14.2 Å². The molecule has 94 valence electrons. The second-order valence-electron chi connectivity index (χ2n) is 3.52. The van der Waals surface area contributed by atoms with Gasteiger partial charge in [0.05, 0.1) is 13.0 Å². The van der Waals surface area contributed by atoms with E-state index in [1.54, 1.807) is 31.2 Å². The van der Waals surface area contributed by atoms with E-state index in [0.29, 0.717) is 12.4 Å². The Morgan fingerprint density at radius 3 is 2.41 bits per heavy atom. The van der Waals surface area contributed by atoms with Crippen LogP contribution in [-0.4, -0.2) is 24.1 Å². The summed E-state index contributed by atoms with van der Waals surface area (Å²) in [4.78, 5) is 20.2. The van der Waals surface area contributed by atoms with Crippen LogP contribution in [-0.2, 0) is 20.5 Å². The van der Waals surface area contributed by atoms with Gasteiger partial charge in [-0.05, 0) is 24.6 Å². The van der Waals surface area contributed by atoms with Crippen molar-refractivity contribution in [3.63, 3.8) is 0 Å². The second kappa shape index (κ2) is 5.84. The molecule has 0 aliphatic carbocycles. The summed E-state index contributed by atoms with van der Waals surface area (Å²) in [5.74, 6) is -0.00423. The van der Waals surface area contributed by atoms with Gasteiger partial charge in [-0.25, -0.2) is 4.57 Å². The van der Waals surface area contributed by atoms with E-state index in [2.05, 4.69) is 0 Å². The van der Waals surface area contributed by atoms with Crippen molar-refractivity contribution in [3.8, 4) is 5.75 Å². The monoisotopic (exact) mass is 258 g/mol. The topological polar surface area (TPSA) is 72.8 Å². The Morgan fingerprint density at radius 2 is 1.94 bits per heavy atom. The predicted octanol–water partition coefficient (Wildman–Crippen LogP) is 1.99. The van der Waals surface area contributed by atoms with Gasteiger partial charge in [0, 0.05) is 6.66 Å². The maximum absolute atomic E-state index is 11.2. The molecule has 1 rings (SSSR count). The average molecular weight is 258 g/mol. The van der Waals surface area contributed by atoms with Crippen molar-refractivity contribution < 1.29 is 23.5 Å². The molecule has 0 amide bonds. The standard InChI is InChI=1S/C11H15O5P/c1-3-15-11(12)8-9-4-6-10(7-5-9)16-17(2,13)14/h4-7H,3,8H2,1-2H3,(H,13,14). The molecular formula is C11H15O5P. The van der Waals surface area contributed by atoms with E-state index in [1.165, 1.54) is 0 Å². The van der Waals surface area contributed by atoms with Crippen LogP contribution in [0, 0.1) is 0 Å². The maximum atomic E-state index is 11.2. The van der Waals surface area contributed by atoms with Gasteiger partial charge in [-0.2, -0.15) is 0 Å². The SMILES string of the molecule is CCOC(=O)Cc1ccc(OP(C)(=O)O)cc1. The van der Waals surface area contributed by atoms with Crippen LogP contribution in [0.25, 0.3) is 0 Å². The molecule has 0 bridgehead atoms. The van der Waals surface area contributed by atoms with Crippen LogP contribution in [0.2, 0.25) is 0 Å². The normalized spacial score (nSPS) is 13.8. The van der Waals surface area contributed by atoms with Crippen LogP contribution in [0.3, 0.4) is 0 Å². The maximum Gasteiger partial charge on any atom is 0.373 e. The summed E-state index contributed by atoms with van der Waals surface area (Å²) < 4.78 is 20.6. The van der Waals surface area contributed by atoms with Crippen molar-refractivity contribution in [2.45, 2.75) is 13.3 Å². The van der Waals surface area contributed by atoms with Crippen molar-refractivity contribution in [2.75, 3.05) is 13.3 Å². The third-order valence-corrected chi connectivity index (χ3v) is 2.40. The lowest BCUT2D eigenvalue weighted by molar-refractivity contribution is -0.142. The van der Waals surface area contributed by atoms with Crippen LogP contribution >= 0.6 is 7.60 Å². The van der Waals surface area contributed by atoms with Crippen LogP contribution < -0.4 is 4.52 Å². The van der Waals surface area contributed by atoms with Crippen LogP contribution in [0.4, 0.5) is 0 Å². The smallest absolute Gasteiger partial charge is 0.373 e. The van der Waals surface area contributed by atoms with Gasteiger partial charge in [-0.3, -0.25) is 4.79 Å². The zero-order valence-corrected chi connectivity index (χ0v) is 10.6. The minimum absolute atomic E-state index is 0.178. The highest BCUT2D eigenvalue weighted by Gasteiger charge is 2.11. The molecule has 0 aromatic heterocycles. The summed E-state index contributed by atoms with van der Waals surface area (Å²) in [5.41, 5.74) is 0.764. The van der Waals surface area contributed by atoms with Gasteiger partial charge >= 0.3 is 13.6 Å². The molecule has 0 aliphatic heterocycles. The minimum atomic E-state index is -3.53. The van der Waals surface area contributed by atoms with Gasteiger partial charge in [0.25, 0.3) is 0 Å². The Labute approximate surface area is 99.9 Å². The average Bonchev–Trinajstić information content (AvgIpc) is 2.19. The highest BCUT2D eigenvalue weighted by atomic mass is 31.2. The van der Waals surface area contributed by atoms with E-state index in [-0.39, 0.29) is 12.4 Å². The summed E-state index contributed by atoms with van der Waals surface area (Å²) in [6, 6.07) is 6.39. The summed E-state index contributed by atoms with van der Waals surface area (Å²) in [6.45, 7) is 3.21. The Bertz CT molecular complexity index is 420. The molecule has 1 aromatic rings.